The van der Waals surface area contributed by atoms with Crippen molar-refractivity contribution < 1.29 is 9.13 Å². The maximum absolute atomic E-state index is 13.0. The molecule has 0 aliphatic rings. The summed E-state index contributed by atoms with van der Waals surface area (Å²) in [5.41, 5.74) is 0.569. The van der Waals surface area contributed by atoms with Gasteiger partial charge in [-0.1, -0.05) is 0 Å². The fourth-order valence-electron chi connectivity index (χ4n) is 1.52. The SMILES string of the molecule is CCn1ncnc1COc1ccc(F)c(C)c1. The Hall–Kier alpha value is -1.91. The Labute approximate surface area is 99.1 Å². The molecule has 0 fully saturated rings. The summed E-state index contributed by atoms with van der Waals surface area (Å²) < 4.78 is 20.3. The third-order valence-corrected chi connectivity index (χ3v) is 2.49. The third kappa shape index (κ3) is 2.61. The summed E-state index contributed by atoms with van der Waals surface area (Å²) in [5.74, 6) is 1.16. The Balaban J connectivity index is 2.05. The van der Waals surface area contributed by atoms with Crippen molar-refractivity contribution in [1.82, 2.24) is 14.8 Å². The highest BCUT2D eigenvalue weighted by molar-refractivity contribution is 5.28. The summed E-state index contributed by atoms with van der Waals surface area (Å²) in [7, 11) is 0. The molecule has 17 heavy (non-hydrogen) atoms. The fourth-order valence-corrected chi connectivity index (χ4v) is 1.52. The van der Waals surface area contributed by atoms with Gasteiger partial charge in [0.1, 0.15) is 24.5 Å². The number of aryl methyl sites for hydroxylation is 2. The quantitative estimate of drug-likeness (QED) is 0.816. The van der Waals surface area contributed by atoms with E-state index in [2.05, 4.69) is 10.1 Å². The molecule has 2 rings (SSSR count). The van der Waals surface area contributed by atoms with Crippen molar-refractivity contribution >= 4 is 0 Å². The number of hydrogen-bond donors (Lipinski definition) is 0. The van der Waals surface area contributed by atoms with Crippen molar-refractivity contribution in [3.63, 3.8) is 0 Å². The lowest BCUT2D eigenvalue weighted by Gasteiger charge is -2.07. The molecule has 0 unspecified atom stereocenters. The van der Waals surface area contributed by atoms with E-state index in [1.54, 1.807) is 23.7 Å². The van der Waals surface area contributed by atoms with Gasteiger partial charge in [-0.2, -0.15) is 5.10 Å². The molecular weight excluding hydrogens is 221 g/mol. The van der Waals surface area contributed by atoms with Crippen LogP contribution in [-0.2, 0) is 13.2 Å². The third-order valence-electron chi connectivity index (χ3n) is 2.49. The lowest BCUT2D eigenvalue weighted by molar-refractivity contribution is 0.286. The summed E-state index contributed by atoms with van der Waals surface area (Å²) in [6, 6.07) is 4.67. The summed E-state index contributed by atoms with van der Waals surface area (Å²) >= 11 is 0. The highest BCUT2D eigenvalue weighted by Gasteiger charge is 2.04. The maximum Gasteiger partial charge on any atom is 0.164 e. The van der Waals surface area contributed by atoms with Crippen LogP contribution in [0.1, 0.15) is 18.3 Å². The topological polar surface area (TPSA) is 39.9 Å². The Bertz CT molecular complexity index is 510. The monoisotopic (exact) mass is 235 g/mol. The van der Waals surface area contributed by atoms with Gasteiger partial charge in [0.2, 0.25) is 0 Å². The molecule has 0 saturated heterocycles. The van der Waals surface area contributed by atoms with Gasteiger partial charge in [-0.05, 0) is 37.6 Å². The average Bonchev–Trinajstić information content (AvgIpc) is 2.78. The van der Waals surface area contributed by atoms with E-state index >= 15 is 0 Å². The number of aromatic nitrogens is 3. The molecule has 0 atom stereocenters. The van der Waals surface area contributed by atoms with Crippen LogP contribution in [0.15, 0.2) is 24.5 Å². The second kappa shape index (κ2) is 4.95. The first kappa shape index (κ1) is 11.6. The number of halogens is 1. The first-order valence-electron chi connectivity index (χ1n) is 5.46. The number of hydrogen-bond acceptors (Lipinski definition) is 3. The van der Waals surface area contributed by atoms with Gasteiger partial charge < -0.3 is 4.74 Å². The van der Waals surface area contributed by atoms with Crippen molar-refractivity contribution in [2.45, 2.75) is 27.0 Å². The van der Waals surface area contributed by atoms with Gasteiger partial charge in [0, 0.05) is 6.54 Å². The molecule has 90 valence electrons. The van der Waals surface area contributed by atoms with Gasteiger partial charge in [0.25, 0.3) is 0 Å². The molecule has 1 aromatic carbocycles. The molecule has 0 aliphatic carbocycles. The van der Waals surface area contributed by atoms with E-state index in [1.807, 2.05) is 6.92 Å². The predicted octanol–water partition coefficient (Wildman–Crippen LogP) is 2.32. The standard InChI is InChI=1S/C12H14FN3O/c1-3-16-12(14-8-15-16)7-17-10-4-5-11(13)9(2)6-10/h4-6,8H,3,7H2,1-2H3. The van der Waals surface area contributed by atoms with E-state index in [0.29, 0.717) is 17.9 Å². The van der Waals surface area contributed by atoms with Gasteiger partial charge in [-0.3, -0.25) is 0 Å². The van der Waals surface area contributed by atoms with Crippen molar-refractivity contribution in [3.05, 3.63) is 41.7 Å². The van der Waals surface area contributed by atoms with E-state index < -0.39 is 0 Å². The highest BCUT2D eigenvalue weighted by Crippen LogP contribution is 2.16. The molecule has 1 aromatic heterocycles. The number of nitrogens with zero attached hydrogens (tertiary/aromatic N) is 3. The normalized spacial score (nSPS) is 10.5. The Morgan fingerprint density at radius 3 is 2.94 bits per heavy atom. The van der Waals surface area contributed by atoms with Gasteiger partial charge in [-0.15, -0.1) is 0 Å². The van der Waals surface area contributed by atoms with Crippen LogP contribution in [0.5, 0.6) is 5.75 Å². The second-order valence-corrected chi connectivity index (χ2v) is 3.69. The largest absolute Gasteiger partial charge is 0.486 e. The zero-order chi connectivity index (χ0) is 12.3. The van der Waals surface area contributed by atoms with Crippen LogP contribution in [0.4, 0.5) is 4.39 Å². The van der Waals surface area contributed by atoms with Crippen LogP contribution in [-0.4, -0.2) is 14.8 Å². The fraction of sp³-hybridized carbons (Fsp3) is 0.333. The minimum Gasteiger partial charge on any atom is -0.486 e. The van der Waals surface area contributed by atoms with E-state index in [1.165, 1.54) is 12.4 Å². The zero-order valence-corrected chi connectivity index (χ0v) is 9.85. The molecular formula is C12H14FN3O. The minimum absolute atomic E-state index is 0.228. The first-order chi connectivity index (χ1) is 8.20. The highest BCUT2D eigenvalue weighted by atomic mass is 19.1. The number of ether oxygens (including phenoxy) is 1. The molecule has 0 saturated carbocycles. The summed E-state index contributed by atoms with van der Waals surface area (Å²) in [4.78, 5) is 4.09. The average molecular weight is 235 g/mol. The van der Waals surface area contributed by atoms with Gasteiger partial charge in [-0.25, -0.2) is 14.1 Å². The maximum atomic E-state index is 13.0. The molecule has 1 heterocycles. The Morgan fingerprint density at radius 2 is 2.24 bits per heavy atom. The summed E-state index contributed by atoms with van der Waals surface area (Å²) in [6.45, 7) is 4.77. The van der Waals surface area contributed by atoms with Gasteiger partial charge >= 0.3 is 0 Å². The predicted molar refractivity (Wildman–Crippen MR) is 61.2 cm³/mol. The van der Waals surface area contributed by atoms with Crippen molar-refractivity contribution in [1.29, 1.82) is 0 Å². The summed E-state index contributed by atoms with van der Waals surface area (Å²) in [5, 5.41) is 4.04. The minimum atomic E-state index is -0.228. The zero-order valence-electron chi connectivity index (χ0n) is 9.85. The lowest BCUT2D eigenvalue weighted by Crippen LogP contribution is -2.07. The first-order valence-corrected chi connectivity index (χ1v) is 5.46. The molecule has 0 spiro atoms. The van der Waals surface area contributed by atoms with Crippen LogP contribution in [0.2, 0.25) is 0 Å². The Kier molecular flexibility index (Phi) is 3.37. The molecule has 0 radical (unpaired) electrons. The second-order valence-electron chi connectivity index (χ2n) is 3.69. The van der Waals surface area contributed by atoms with Crippen LogP contribution in [0.25, 0.3) is 0 Å². The smallest absolute Gasteiger partial charge is 0.164 e. The van der Waals surface area contributed by atoms with E-state index in [0.717, 1.165) is 12.4 Å². The molecule has 0 aliphatic heterocycles. The van der Waals surface area contributed by atoms with Crippen molar-refractivity contribution in [2.24, 2.45) is 0 Å². The molecule has 5 heteroatoms. The molecule has 0 bridgehead atoms. The molecule has 4 nitrogen and oxygen atoms in total. The van der Waals surface area contributed by atoms with Crippen LogP contribution in [0.3, 0.4) is 0 Å². The Morgan fingerprint density at radius 1 is 1.41 bits per heavy atom. The van der Waals surface area contributed by atoms with Crippen molar-refractivity contribution in [2.75, 3.05) is 0 Å². The van der Waals surface area contributed by atoms with Crippen LogP contribution >= 0.6 is 0 Å². The van der Waals surface area contributed by atoms with Crippen LogP contribution in [0, 0.1) is 12.7 Å². The number of benzene rings is 1. The molecule has 0 N–H and O–H groups in total. The lowest BCUT2D eigenvalue weighted by atomic mass is 10.2. The van der Waals surface area contributed by atoms with Crippen molar-refractivity contribution in [3.8, 4) is 5.75 Å². The van der Waals surface area contributed by atoms with Gasteiger partial charge in [0.15, 0.2) is 5.82 Å². The molecule has 2 aromatic rings. The van der Waals surface area contributed by atoms with E-state index in [4.69, 9.17) is 4.74 Å². The van der Waals surface area contributed by atoms with E-state index in [-0.39, 0.29) is 5.82 Å². The number of rotatable bonds is 4. The van der Waals surface area contributed by atoms with E-state index in [9.17, 15) is 4.39 Å². The molecule has 0 amide bonds. The van der Waals surface area contributed by atoms with Crippen LogP contribution < -0.4 is 4.74 Å². The summed E-state index contributed by atoms with van der Waals surface area (Å²) in [6.07, 6.45) is 1.50. The van der Waals surface area contributed by atoms with Gasteiger partial charge in [0.05, 0.1) is 0 Å².